The number of esters is 1. The van der Waals surface area contributed by atoms with E-state index in [-0.39, 0.29) is 24.5 Å². The molecule has 2 aromatic carbocycles. The van der Waals surface area contributed by atoms with Gasteiger partial charge in [-0.1, -0.05) is 54.2 Å². The molecule has 1 unspecified atom stereocenters. The van der Waals surface area contributed by atoms with Gasteiger partial charge in [-0.2, -0.15) is 0 Å². The van der Waals surface area contributed by atoms with Gasteiger partial charge in [0.25, 0.3) is 0 Å². The van der Waals surface area contributed by atoms with E-state index in [0.717, 1.165) is 12.0 Å². The zero-order valence-electron chi connectivity index (χ0n) is 19.7. The van der Waals surface area contributed by atoms with Gasteiger partial charge in [0.2, 0.25) is 5.91 Å². The number of nitrogens with zero attached hydrogens (tertiary/aromatic N) is 3. The highest BCUT2D eigenvalue weighted by molar-refractivity contribution is 8.16. The molecule has 0 bridgehead atoms. The van der Waals surface area contributed by atoms with Crippen LogP contribution >= 0.6 is 11.8 Å². The molecule has 0 spiro atoms. The standard InChI is InChI=1S/C27H26FN3O3S/c1-3-34-26(33)24-17(2)29-27-31(25(24)21-10-6-7-11-22(21)28)20(16-35-27)14-23(32)30-13-12-18-8-4-5-9-19(18)15-30/h4-11,16,25H,3,12-15H2,1-2H3. The summed E-state index contributed by atoms with van der Waals surface area (Å²) in [4.78, 5) is 34.6. The molecule has 1 atom stereocenters. The topological polar surface area (TPSA) is 62.2 Å². The maximum atomic E-state index is 15.1. The predicted molar refractivity (Wildman–Crippen MR) is 134 cm³/mol. The highest BCUT2D eigenvalue weighted by Gasteiger charge is 2.42. The monoisotopic (exact) mass is 491 g/mol. The lowest BCUT2D eigenvalue weighted by Gasteiger charge is -2.37. The van der Waals surface area contributed by atoms with E-state index in [1.807, 2.05) is 27.3 Å². The Kier molecular flexibility index (Phi) is 6.47. The van der Waals surface area contributed by atoms with E-state index < -0.39 is 17.8 Å². The van der Waals surface area contributed by atoms with Gasteiger partial charge in [0.1, 0.15) is 5.82 Å². The van der Waals surface area contributed by atoms with Crippen molar-refractivity contribution in [2.24, 2.45) is 4.99 Å². The molecule has 180 valence electrons. The van der Waals surface area contributed by atoms with Crippen molar-refractivity contribution in [1.82, 2.24) is 9.80 Å². The first-order valence-electron chi connectivity index (χ1n) is 11.7. The number of thioether (sulfide) groups is 1. The molecule has 0 fully saturated rings. The minimum atomic E-state index is -0.765. The van der Waals surface area contributed by atoms with Gasteiger partial charge in [-0.3, -0.25) is 4.79 Å². The summed E-state index contributed by atoms with van der Waals surface area (Å²) in [6, 6.07) is 13.8. The van der Waals surface area contributed by atoms with Gasteiger partial charge in [0.15, 0.2) is 5.17 Å². The number of halogens is 1. The van der Waals surface area contributed by atoms with E-state index in [1.165, 1.54) is 23.4 Å². The van der Waals surface area contributed by atoms with Crippen LogP contribution in [-0.2, 0) is 27.3 Å². The van der Waals surface area contributed by atoms with Crippen LogP contribution in [-0.4, -0.2) is 40.0 Å². The molecule has 2 aromatic rings. The molecule has 0 saturated heterocycles. The van der Waals surface area contributed by atoms with Crippen LogP contribution in [0.4, 0.5) is 4.39 Å². The second-order valence-electron chi connectivity index (χ2n) is 8.65. The molecular weight excluding hydrogens is 465 g/mol. The maximum absolute atomic E-state index is 15.1. The van der Waals surface area contributed by atoms with Crippen LogP contribution in [0.2, 0.25) is 0 Å². The van der Waals surface area contributed by atoms with E-state index in [2.05, 4.69) is 17.1 Å². The lowest BCUT2D eigenvalue weighted by Crippen LogP contribution is -2.40. The zero-order chi connectivity index (χ0) is 24.5. The van der Waals surface area contributed by atoms with Crippen LogP contribution < -0.4 is 0 Å². The predicted octanol–water partition coefficient (Wildman–Crippen LogP) is 4.94. The Bertz CT molecular complexity index is 1290. The first-order valence-corrected chi connectivity index (χ1v) is 12.6. The average Bonchev–Trinajstić information content (AvgIpc) is 3.25. The molecule has 0 aliphatic carbocycles. The third-order valence-electron chi connectivity index (χ3n) is 6.51. The molecule has 0 radical (unpaired) electrons. The molecule has 8 heteroatoms. The van der Waals surface area contributed by atoms with Gasteiger partial charge >= 0.3 is 5.97 Å². The molecule has 3 aliphatic rings. The number of amides is 1. The number of hydrogen-bond acceptors (Lipinski definition) is 6. The summed E-state index contributed by atoms with van der Waals surface area (Å²) in [5.74, 6) is -0.969. The Morgan fingerprint density at radius 2 is 1.89 bits per heavy atom. The number of carbonyl (C=O) groups excluding carboxylic acids is 2. The Balaban J connectivity index is 1.46. The molecule has 1 amide bonds. The van der Waals surface area contributed by atoms with Crippen LogP contribution in [0.25, 0.3) is 0 Å². The number of benzene rings is 2. The van der Waals surface area contributed by atoms with Crippen molar-refractivity contribution < 1.29 is 18.7 Å². The van der Waals surface area contributed by atoms with Gasteiger partial charge in [-0.25, -0.2) is 14.2 Å². The van der Waals surface area contributed by atoms with Gasteiger partial charge in [-0.05, 0) is 42.9 Å². The number of ether oxygens (including phenoxy) is 1. The van der Waals surface area contributed by atoms with Crippen molar-refractivity contribution in [3.8, 4) is 0 Å². The molecule has 0 saturated carbocycles. The lowest BCUT2D eigenvalue weighted by molar-refractivity contribution is -0.139. The number of amidine groups is 1. The Morgan fingerprint density at radius 1 is 1.14 bits per heavy atom. The lowest BCUT2D eigenvalue weighted by atomic mass is 9.93. The minimum Gasteiger partial charge on any atom is -0.463 e. The van der Waals surface area contributed by atoms with Gasteiger partial charge in [0, 0.05) is 24.4 Å². The smallest absolute Gasteiger partial charge is 0.338 e. The van der Waals surface area contributed by atoms with Crippen molar-refractivity contribution >= 4 is 28.8 Å². The summed E-state index contributed by atoms with van der Waals surface area (Å²) in [5.41, 5.74) is 4.25. The van der Waals surface area contributed by atoms with E-state index in [1.54, 1.807) is 32.0 Å². The Morgan fingerprint density at radius 3 is 2.66 bits per heavy atom. The first-order chi connectivity index (χ1) is 17.0. The Labute approximate surface area is 208 Å². The van der Waals surface area contributed by atoms with Crippen molar-refractivity contribution in [3.05, 3.63) is 93.4 Å². The minimum absolute atomic E-state index is 0.0103. The number of hydrogen-bond donors (Lipinski definition) is 0. The van der Waals surface area contributed by atoms with Crippen LogP contribution in [0.5, 0.6) is 0 Å². The molecule has 35 heavy (non-hydrogen) atoms. The number of fused-ring (bicyclic) bond motifs is 2. The number of carbonyl (C=O) groups is 2. The highest BCUT2D eigenvalue weighted by atomic mass is 32.2. The molecule has 3 aliphatic heterocycles. The number of aliphatic imine (C=N–C) groups is 1. The van der Waals surface area contributed by atoms with Gasteiger partial charge < -0.3 is 14.5 Å². The first kappa shape index (κ1) is 23.4. The highest BCUT2D eigenvalue weighted by Crippen LogP contribution is 2.45. The third kappa shape index (κ3) is 4.38. The van der Waals surface area contributed by atoms with Crippen molar-refractivity contribution in [1.29, 1.82) is 0 Å². The second-order valence-corrected chi connectivity index (χ2v) is 9.48. The SMILES string of the molecule is CCOC(=O)C1=C(C)N=C2SC=C(CC(=O)N3CCc4ccccc4C3)N2C1c1ccccc1F. The summed E-state index contributed by atoms with van der Waals surface area (Å²) in [7, 11) is 0. The van der Waals surface area contributed by atoms with Crippen LogP contribution in [0.15, 0.2) is 75.9 Å². The summed E-state index contributed by atoms with van der Waals surface area (Å²) >= 11 is 1.38. The molecule has 0 N–H and O–H groups in total. The van der Waals surface area contributed by atoms with E-state index >= 15 is 4.39 Å². The summed E-state index contributed by atoms with van der Waals surface area (Å²) in [5, 5.41) is 2.50. The second kappa shape index (κ2) is 9.70. The fourth-order valence-corrected chi connectivity index (χ4v) is 5.77. The van der Waals surface area contributed by atoms with Crippen molar-refractivity contribution in [2.75, 3.05) is 13.2 Å². The largest absolute Gasteiger partial charge is 0.463 e. The normalized spacial score (nSPS) is 19.1. The fraction of sp³-hybridized carbons (Fsp3) is 0.296. The molecule has 0 aromatic heterocycles. The van der Waals surface area contributed by atoms with E-state index in [0.29, 0.717) is 35.2 Å². The molecule has 6 nitrogen and oxygen atoms in total. The van der Waals surface area contributed by atoms with E-state index in [9.17, 15) is 9.59 Å². The van der Waals surface area contributed by atoms with Crippen molar-refractivity contribution in [3.63, 3.8) is 0 Å². The maximum Gasteiger partial charge on any atom is 0.338 e. The molecular formula is C27H26FN3O3S. The van der Waals surface area contributed by atoms with E-state index in [4.69, 9.17) is 4.74 Å². The fourth-order valence-electron chi connectivity index (χ4n) is 4.81. The van der Waals surface area contributed by atoms with Crippen molar-refractivity contribution in [2.45, 2.75) is 39.3 Å². The summed E-state index contributed by atoms with van der Waals surface area (Å²) in [6.45, 7) is 4.89. The summed E-state index contributed by atoms with van der Waals surface area (Å²) in [6.07, 6.45) is 0.952. The third-order valence-corrected chi connectivity index (χ3v) is 7.40. The average molecular weight is 492 g/mol. The molecule has 3 heterocycles. The van der Waals surface area contributed by atoms with Gasteiger partial charge in [0.05, 0.1) is 30.3 Å². The quantitative estimate of drug-likeness (QED) is 0.555. The Hall–Kier alpha value is -3.39. The summed E-state index contributed by atoms with van der Waals surface area (Å²) < 4.78 is 20.4. The van der Waals surface area contributed by atoms with Gasteiger partial charge in [-0.15, -0.1) is 0 Å². The van der Waals surface area contributed by atoms with Crippen LogP contribution in [0.1, 0.15) is 43.0 Å². The molecule has 5 rings (SSSR count). The van der Waals surface area contributed by atoms with Crippen LogP contribution in [0.3, 0.4) is 0 Å². The number of rotatable bonds is 5. The number of allylic oxidation sites excluding steroid dienone is 1. The van der Waals surface area contributed by atoms with Crippen LogP contribution in [0, 0.1) is 5.82 Å². The zero-order valence-corrected chi connectivity index (χ0v) is 20.5.